The van der Waals surface area contributed by atoms with E-state index in [1.54, 1.807) is 30.3 Å². The Kier molecular flexibility index (Phi) is 6.51. The first-order valence-electron chi connectivity index (χ1n) is 9.83. The maximum absolute atomic E-state index is 12.6. The van der Waals surface area contributed by atoms with Gasteiger partial charge in [-0.25, -0.2) is 9.69 Å². The van der Waals surface area contributed by atoms with E-state index >= 15 is 0 Å². The molecule has 7 heteroatoms. The molecule has 7 nitrogen and oxygen atoms in total. The van der Waals surface area contributed by atoms with Crippen molar-refractivity contribution in [3.63, 3.8) is 0 Å². The fraction of sp³-hybridized carbons (Fsp3) is 0.261. The first kappa shape index (κ1) is 21.1. The summed E-state index contributed by atoms with van der Waals surface area (Å²) in [6.45, 7) is 5.62. The van der Waals surface area contributed by atoms with Gasteiger partial charge in [-0.15, -0.1) is 0 Å². The summed E-state index contributed by atoms with van der Waals surface area (Å²) in [6.07, 6.45) is 2.59. The number of rotatable bonds is 7. The van der Waals surface area contributed by atoms with Crippen molar-refractivity contribution >= 4 is 29.6 Å². The molecule has 3 rings (SSSR count). The summed E-state index contributed by atoms with van der Waals surface area (Å²) in [4.78, 5) is 37.9. The Hall–Kier alpha value is -3.61. The maximum atomic E-state index is 12.6. The molecule has 0 unspecified atom stereocenters. The summed E-state index contributed by atoms with van der Waals surface area (Å²) in [5.74, 6) is -0.253. The van der Waals surface area contributed by atoms with Gasteiger partial charge in [-0.3, -0.25) is 9.59 Å². The Labute approximate surface area is 175 Å². The van der Waals surface area contributed by atoms with E-state index in [2.05, 4.69) is 10.6 Å². The lowest BCUT2D eigenvalue weighted by atomic mass is 10.2. The molecule has 2 aromatic carbocycles. The minimum atomic E-state index is -0.623. The van der Waals surface area contributed by atoms with Crippen molar-refractivity contribution in [2.75, 3.05) is 11.9 Å². The quantitative estimate of drug-likeness (QED) is 0.541. The number of carbonyl (C=O) groups excluding carboxylic acids is 3. The third-order valence-corrected chi connectivity index (χ3v) is 4.70. The number of nitrogens with zero attached hydrogens (tertiary/aromatic N) is 1. The molecular formula is C23H25N3O4. The smallest absolute Gasteiger partial charge is 0.329 e. The predicted octanol–water partition coefficient (Wildman–Crippen LogP) is 3.70. The van der Waals surface area contributed by atoms with E-state index in [0.29, 0.717) is 5.69 Å². The third-order valence-electron chi connectivity index (χ3n) is 4.70. The predicted molar refractivity (Wildman–Crippen MR) is 115 cm³/mol. The number of hydrogen-bond acceptors (Lipinski definition) is 4. The molecule has 2 aromatic rings. The van der Waals surface area contributed by atoms with Gasteiger partial charge in [0.05, 0.1) is 6.10 Å². The van der Waals surface area contributed by atoms with E-state index in [9.17, 15) is 14.4 Å². The Balaban J connectivity index is 1.63. The Morgan fingerprint density at radius 1 is 1.13 bits per heavy atom. The largest absolute Gasteiger partial charge is 0.491 e. The molecule has 1 saturated heterocycles. The number of imide groups is 1. The van der Waals surface area contributed by atoms with Gasteiger partial charge in [-0.05, 0) is 56.2 Å². The van der Waals surface area contributed by atoms with Crippen molar-refractivity contribution in [3.05, 3.63) is 65.4 Å². The first-order valence-corrected chi connectivity index (χ1v) is 9.83. The van der Waals surface area contributed by atoms with Gasteiger partial charge >= 0.3 is 6.03 Å². The van der Waals surface area contributed by atoms with Crippen LogP contribution in [0.4, 0.5) is 10.5 Å². The normalized spacial score (nSPS) is 15.8. The second-order valence-electron chi connectivity index (χ2n) is 7.20. The van der Waals surface area contributed by atoms with Gasteiger partial charge in [-0.1, -0.05) is 36.8 Å². The molecule has 0 aromatic heterocycles. The van der Waals surface area contributed by atoms with Gasteiger partial charge in [0.2, 0.25) is 5.91 Å². The van der Waals surface area contributed by atoms with Crippen molar-refractivity contribution in [3.8, 4) is 5.75 Å². The van der Waals surface area contributed by atoms with Crippen molar-refractivity contribution in [1.29, 1.82) is 0 Å². The van der Waals surface area contributed by atoms with Crippen LogP contribution in [0.3, 0.4) is 0 Å². The van der Waals surface area contributed by atoms with Crippen molar-refractivity contribution in [2.24, 2.45) is 0 Å². The number of anilines is 1. The molecule has 30 heavy (non-hydrogen) atoms. The number of benzene rings is 2. The zero-order valence-electron chi connectivity index (χ0n) is 17.3. The first-order chi connectivity index (χ1) is 14.4. The van der Waals surface area contributed by atoms with Crippen LogP contribution in [0.1, 0.15) is 31.4 Å². The summed E-state index contributed by atoms with van der Waals surface area (Å²) in [7, 11) is 0. The Morgan fingerprint density at radius 3 is 2.43 bits per heavy atom. The molecule has 1 aliphatic heterocycles. The number of nitrogens with one attached hydrogen (secondary N) is 2. The van der Waals surface area contributed by atoms with Gasteiger partial charge < -0.3 is 15.4 Å². The standard InChI is InChI=1S/C23H25N3O4/c1-4-16(3)30-19-11-7-17(8-12-19)13-20-22(28)26(23(29)25-20)14-21(27)24-18-9-5-15(2)6-10-18/h5-13,16H,4,14H2,1-3H3,(H,24,27)(H,25,29)/b20-13+/t16-/m1/s1. The average molecular weight is 407 g/mol. The van der Waals surface area contributed by atoms with E-state index in [0.717, 1.165) is 28.2 Å². The Bertz CT molecular complexity index is 965. The van der Waals surface area contributed by atoms with Gasteiger partial charge in [0.15, 0.2) is 0 Å². The maximum Gasteiger partial charge on any atom is 0.329 e. The number of ether oxygens (including phenoxy) is 1. The van der Waals surface area contributed by atoms with Crippen LogP contribution in [-0.4, -0.2) is 35.4 Å². The number of aryl methyl sites for hydroxylation is 1. The van der Waals surface area contributed by atoms with Crippen LogP contribution in [0.25, 0.3) is 6.08 Å². The van der Waals surface area contributed by atoms with Crippen LogP contribution in [0.2, 0.25) is 0 Å². The lowest BCUT2D eigenvalue weighted by molar-refractivity contribution is -0.127. The van der Waals surface area contributed by atoms with Gasteiger partial charge in [0.1, 0.15) is 18.0 Å². The second-order valence-corrected chi connectivity index (χ2v) is 7.20. The highest BCUT2D eigenvalue weighted by molar-refractivity contribution is 6.15. The molecule has 1 aliphatic rings. The molecule has 0 spiro atoms. The monoisotopic (exact) mass is 407 g/mol. The molecule has 2 N–H and O–H groups in total. The zero-order valence-corrected chi connectivity index (χ0v) is 17.3. The van der Waals surface area contributed by atoms with Gasteiger partial charge in [-0.2, -0.15) is 0 Å². The second kappa shape index (κ2) is 9.26. The fourth-order valence-corrected chi connectivity index (χ4v) is 2.82. The van der Waals surface area contributed by atoms with Crippen molar-refractivity contribution < 1.29 is 19.1 Å². The minimum absolute atomic E-state index is 0.115. The number of hydrogen-bond donors (Lipinski definition) is 2. The molecule has 0 saturated carbocycles. The highest BCUT2D eigenvalue weighted by atomic mass is 16.5. The zero-order chi connectivity index (χ0) is 21.7. The molecule has 0 radical (unpaired) electrons. The van der Waals surface area contributed by atoms with E-state index in [4.69, 9.17) is 4.74 Å². The van der Waals surface area contributed by atoms with Crippen LogP contribution < -0.4 is 15.4 Å². The summed E-state index contributed by atoms with van der Waals surface area (Å²) in [5.41, 5.74) is 2.53. The molecule has 156 valence electrons. The van der Waals surface area contributed by atoms with Crippen molar-refractivity contribution in [1.82, 2.24) is 10.2 Å². The SMILES string of the molecule is CC[C@@H](C)Oc1ccc(/C=C2/NC(=O)N(CC(=O)Nc3ccc(C)cc3)C2=O)cc1. The van der Waals surface area contributed by atoms with E-state index in [1.165, 1.54) is 0 Å². The number of carbonyl (C=O) groups is 3. The summed E-state index contributed by atoms with van der Waals surface area (Å²) in [6, 6.07) is 13.9. The van der Waals surface area contributed by atoms with Gasteiger partial charge in [0.25, 0.3) is 5.91 Å². The lowest BCUT2D eigenvalue weighted by Crippen LogP contribution is -2.38. The van der Waals surface area contributed by atoms with E-state index in [-0.39, 0.29) is 18.3 Å². The molecule has 1 fully saturated rings. The van der Waals surface area contributed by atoms with Crippen LogP contribution >= 0.6 is 0 Å². The third kappa shape index (κ3) is 5.26. The fourth-order valence-electron chi connectivity index (χ4n) is 2.82. The Morgan fingerprint density at radius 2 is 1.80 bits per heavy atom. The van der Waals surface area contributed by atoms with Crippen LogP contribution in [-0.2, 0) is 9.59 Å². The topological polar surface area (TPSA) is 87.7 Å². The lowest BCUT2D eigenvalue weighted by Gasteiger charge is -2.12. The molecular weight excluding hydrogens is 382 g/mol. The highest BCUT2D eigenvalue weighted by Gasteiger charge is 2.34. The molecule has 1 atom stereocenters. The van der Waals surface area contributed by atoms with E-state index < -0.39 is 17.8 Å². The van der Waals surface area contributed by atoms with Gasteiger partial charge in [0, 0.05) is 5.69 Å². The van der Waals surface area contributed by atoms with Crippen LogP contribution in [0, 0.1) is 6.92 Å². The van der Waals surface area contributed by atoms with E-state index in [1.807, 2.05) is 45.0 Å². The molecule has 1 heterocycles. The van der Waals surface area contributed by atoms with Crippen LogP contribution in [0.15, 0.2) is 54.2 Å². The van der Waals surface area contributed by atoms with Crippen molar-refractivity contribution in [2.45, 2.75) is 33.3 Å². The summed E-state index contributed by atoms with van der Waals surface area (Å²) >= 11 is 0. The molecule has 0 bridgehead atoms. The average Bonchev–Trinajstić information content (AvgIpc) is 2.98. The minimum Gasteiger partial charge on any atom is -0.491 e. The molecule has 4 amide bonds. The summed E-state index contributed by atoms with van der Waals surface area (Å²) < 4.78 is 5.73. The summed E-state index contributed by atoms with van der Waals surface area (Å²) in [5, 5.41) is 5.20. The van der Waals surface area contributed by atoms with Crippen LogP contribution in [0.5, 0.6) is 5.75 Å². The molecule has 0 aliphatic carbocycles. The highest BCUT2D eigenvalue weighted by Crippen LogP contribution is 2.19. The number of urea groups is 1. The number of amides is 4.